The fraction of sp³-hybridized carbons (Fsp3) is 0.238. The number of allylic oxidation sites excluding steroid dienone is 1. The van der Waals surface area contributed by atoms with Crippen molar-refractivity contribution in [3.63, 3.8) is 0 Å². The molecule has 0 aliphatic heterocycles. The molecule has 2 aromatic carbocycles. The van der Waals surface area contributed by atoms with Gasteiger partial charge in [0.05, 0.1) is 0 Å². The van der Waals surface area contributed by atoms with E-state index in [4.69, 9.17) is 0 Å². The van der Waals surface area contributed by atoms with E-state index in [2.05, 4.69) is 55.4 Å². The van der Waals surface area contributed by atoms with Gasteiger partial charge in [0.1, 0.15) is 0 Å². The van der Waals surface area contributed by atoms with Crippen LogP contribution in [0.5, 0.6) is 0 Å². The summed E-state index contributed by atoms with van der Waals surface area (Å²) in [7, 11) is 2.06. The molecule has 0 saturated heterocycles. The number of hydrogen-bond donors (Lipinski definition) is 0. The summed E-state index contributed by atoms with van der Waals surface area (Å²) in [5.74, 6) is 0. The highest BCUT2D eigenvalue weighted by Gasteiger charge is 2.16. The maximum Gasteiger partial charge on any atom is 0.0408 e. The molecule has 0 heterocycles. The second-order valence-electron chi connectivity index (χ2n) is 5.32. The normalized spacial score (nSPS) is 12.2. The first-order valence-electron chi connectivity index (χ1n) is 7.96. The molecule has 0 saturated carbocycles. The minimum Gasteiger partial charge on any atom is -0.345 e. The van der Waals surface area contributed by atoms with Gasteiger partial charge in [-0.2, -0.15) is 0 Å². The van der Waals surface area contributed by atoms with Crippen LogP contribution in [-0.2, 0) is 6.42 Å². The summed E-state index contributed by atoms with van der Waals surface area (Å²) in [6.07, 6.45) is 2.18. The summed E-state index contributed by atoms with van der Waals surface area (Å²) in [6.45, 7) is 12.4. The van der Waals surface area contributed by atoms with E-state index >= 15 is 0 Å². The van der Waals surface area contributed by atoms with Crippen LogP contribution in [0.15, 0.2) is 61.7 Å². The SMILES string of the molecule is C=C1CCc2cc(C(=C)N(C)c3ccccc3)ccc21.CC. The van der Waals surface area contributed by atoms with Crippen LogP contribution in [-0.4, -0.2) is 7.05 Å². The van der Waals surface area contributed by atoms with Crippen molar-refractivity contribution in [1.82, 2.24) is 0 Å². The number of aryl methyl sites for hydroxylation is 1. The molecule has 0 aromatic heterocycles. The molecule has 1 aliphatic carbocycles. The molecular formula is C21H25N. The molecule has 114 valence electrons. The number of benzene rings is 2. The van der Waals surface area contributed by atoms with E-state index in [1.165, 1.54) is 22.3 Å². The van der Waals surface area contributed by atoms with Gasteiger partial charge in [0, 0.05) is 18.4 Å². The molecular weight excluding hydrogens is 266 g/mol. The van der Waals surface area contributed by atoms with E-state index in [1.54, 1.807) is 0 Å². The topological polar surface area (TPSA) is 3.24 Å². The zero-order valence-electron chi connectivity index (χ0n) is 13.9. The van der Waals surface area contributed by atoms with Crippen molar-refractivity contribution in [1.29, 1.82) is 0 Å². The van der Waals surface area contributed by atoms with E-state index in [9.17, 15) is 0 Å². The van der Waals surface area contributed by atoms with Gasteiger partial charge in [0.15, 0.2) is 0 Å². The third kappa shape index (κ3) is 3.14. The molecule has 1 aliphatic rings. The van der Waals surface area contributed by atoms with Crippen molar-refractivity contribution in [2.45, 2.75) is 26.7 Å². The van der Waals surface area contributed by atoms with Crippen molar-refractivity contribution in [3.8, 4) is 0 Å². The van der Waals surface area contributed by atoms with Crippen LogP contribution in [0, 0.1) is 0 Å². The fourth-order valence-corrected chi connectivity index (χ4v) is 2.75. The third-order valence-electron chi connectivity index (χ3n) is 4.06. The van der Waals surface area contributed by atoms with Gasteiger partial charge in [-0.1, -0.05) is 57.3 Å². The van der Waals surface area contributed by atoms with Gasteiger partial charge >= 0.3 is 0 Å². The highest BCUT2D eigenvalue weighted by molar-refractivity contribution is 5.80. The summed E-state index contributed by atoms with van der Waals surface area (Å²) in [6, 6.07) is 16.9. The van der Waals surface area contributed by atoms with Gasteiger partial charge in [-0.05, 0) is 53.3 Å². The van der Waals surface area contributed by atoms with Gasteiger partial charge < -0.3 is 4.90 Å². The van der Waals surface area contributed by atoms with Gasteiger partial charge in [0.2, 0.25) is 0 Å². The zero-order valence-corrected chi connectivity index (χ0v) is 13.9. The maximum absolute atomic E-state index is 4.25. The van der Waals surface area contributed by atoms with Gasteiger partial charge in [-0.3, -0.25) is 0 Å². The first kappa shape index (κ1) is 16.1. The van der Waals surface area contributed by atoms with Gasteiger partial charge in [0.25, 0.3) is 0 Å². The predicted octanol–water partition coefficient (Wildman–Crippen LogP) is 5.78. The van der Waals surface area contributed by atoms with E-state index < -0.39 is 0 Å². The van der Waals surface area contributed by atoms with Crippen molar-refractivity contribution in [3.05, 3.63) is 78.4 Å². The lowest BCUT2D eigenvalue weighted by molar-refractivity contribution is 1.08. The Labute approximate surface area is 134 Å². The molecule has 2 aromatic rings. The molecule has 1 nitrogen and oxygen atoms in total. The molecule has 3 rings (SSSR count). The zero-order chi connectivity index (χ0) is 16.1. The van der Waals surface area contributed by atoms with Crippen LogP contribution in [0.2, 0.25) is 0 Å². The second kappa shape index (κ2) is 7.13. The summed E-state index contributed by atoms with van der Waals surface area (Å²) >= 11 is 0. The predicted molar refractivity (Wildman–Crippen MR) is 99.0 cm³/mol. The monoisotopic (exact) mass is 291 g/mol. The van der Waals surface area contributed by atoms with Crippen LogP contribution in [0.25, 0.3) is 11.3 Å². The Morgan fingerprint density at radius 2 is 1.68 bits per heavy atom. The van der Waals surface area contributed by atoms with Gasteiger partial charge in [-0.15, -0.1) is 0 Å². The summed E-state index contributed by atoms with van der Waals surface area (Å²) < 4.78 is 0. The Bertz CT molecular complexity index is 668. The summed E-state index contributed by atoms with van der Waals surface area (Å²) in [5, 5.41) is 0. The fourth-order valence-electron chi connectivity index (χ4n) is 2.75. The molecule has 0 atom stereocenters. The highest BCUT2D eigenvalue weighted by atomic mass is 15.1. The molecule has 0 N–H and O–H groups in total. The van der Waals surface area contributed by atoms with E-state index in [0.29, 0.717) is 0 Å². The first-order chi connectivity index (χ1) is 10.7. The number of para-hydroxylation sites is 1. The molecule has 0 fully saturated rings. The Hall–Kier alpha value is -2.28. The van der Waals surface area contributed by atoms with E-state index in [1.807, 2.05) is 32.0 Å². The number of anilines is 1. The molecule has 0 spiro atoms. The molecule has 1 heteroatoms. The number of rotatable bonds is 3. The highest BCUT2D eigenvalue weighted by Crippen LogP contribution is 2.33. The smallest absolute Gasteiger partial charge is 0.0408 e. The average molecular weight is 291 g/mol. The van der Waals surface area contributed by atoms with Crippen LogP contribution >= 0.6 is 0 Å². The summed E-state index contributed by atoms with van der Waals surface area (Å²) in [5.41, 5.74) is 7.34. The third-order valence-corrected chi connectivity index (χ3v) is 4.06. The van der Waals surface area contributed by atoms with Crippen LogP contribution in [0.3, 0.4) is 0 Å². The first-order valence-corrected chi connectivity index (χ1v) is 7.96. The number of nitrogens with zero attached hydrogens (tertiary/aromatic N) is 1. The quantitative estimate of drug-likeness (QED) is 0.693. The van der Waals surface area contributed by atoms with Crippen molar-refractivity contribution in [2.75, 3.05) is 11.9 Å². The van der Waals surface area contributed by atoms with Crippen molar-refractivity contribution >= 4 is 17.0 Å². The standard InChI is InChI=1S/C19H19N.C2H6/c1-14-9-10-17-13-16(11-12-19(14)17)15(2)20(3)18-7-5-4-6-8-18;1-2/h4-8,11-13H,1-2,9-10H2,3H3;1-2H3. The minimum atomic E-state index is 1.02. The van der Waals surface area contributed by atoms with Crippen LogP contribution in [0.1, 0.15) is 37.0 Å². The minimum absolute atomic E-state index is 1.02. The lowest BCUT2D eigenvalue weighted by Crippen LogP contribution is -2.14. The number of hydrogen-bond acceptors (Lipinski definition) is 1. The van der Waals surface area contributed by atoms with Crippen LogP contribution in [0.4, 0.5) is 5.69 Å². The maximum atomic E-state index is 4.25. The van der Waals surface area contributed by atoms with Crippen molar-refractivity contribution in [2.24, 2.45) is 0 Å². The Morgan fingerprint density at radius 3 is 2.36 bits per heavy atom. The van der Waals surface area contributed by atoms with E-state index in [0.717, 1.165) is 24.2 Å². The van der Waals surface area contributed by atoms with E-state index in [-0.39, 0.29) is 0 Å². The lowest BCUT2D eigenvalue weighted by atomic mass is 10.0. The Kier molecular flexibility index (Phi) is 5.21. The van der Waals surface area contributed by atoms with Gasteiger partial charge in [-0.25, -0.2) is 0 Å². The number of fused-ring (bicyclic) bond motifs is 1. The molecule has 22 heavy (non-hydrogen) atoms. The molecule has 0 radical (unpaired) electrons. The lowest BCUT2D eigenvalue weighted by Gasteiger charge is -2.22. The second-order valence-corrected chi connectivity index (χ2v) is 5.32. The Morgan fingerprint density at radius 1 is 1.00 bits per heavy atom. The van der Waals surface area contributed by atoms with Crippen molar-refractivity contribution < 1.29 is 0 Å². The largest absolute Gasteiger partial charge is 0.345 e. The molecule has 0 unspecified atom stereocenters. The molecule has 0 amide bonds. The molecule has 0 bridgehead atoms. The Balaban J connectivity index is 0.000000847. The average Bonchev–Trinajstić information content (AvgIpc) is 2.96. The summed E-state index contributed by atoms with van der Waals surface area (Å²) in [4.78, 5) is 2.13. The van der Waals surface area contributed by atoms with Crippen LogP contribution < -0.4 is 4.90 Å².